The second-order valence-electron chi connectivity index (χ2n) is 9.31. The van der Waals surface area contributed by atoms with E-state index in [0.29, 0.717) is 0 Å². The van der Waals surface area contributed by atoms with Crippen LogP contribution < -0.4 is 0 Å². The number of hydrogen-bond donors (Lipinski definition) is 0. The number of rotatable bonds is 0. The zero-order valence-corrected chi connectivity index (χ0v) is 24.9. The normalized spacial score (nSPS) is 20.2. The highest BCUT2D eigenvalue weighted by Crippen LogP contribution is 2.45. The fourth-order valence-corrected chi connectivity index (χ4v) is 11.8. The topological polar surface area (TPSA) is 0 Å². The minimum atomic E-state index is 0.259. The fourth-order valence-electron chi connectivity index (χ4n) is 5.01. The van der Waals surface area contributed by atoms with E-state index in [2.05, 4.69) is 109 Å². The summed E-state index contributed by atoms with van der Waals surface area (Å²) in [6.45, 7) is 0. The van der Waals surface area contributed by atoms with Crippen molar-refractivity contribution >= 4 is 104 Å². The number of thiophene rings is 6. The molecule has 0 aromatic carbocycles. The Hall–Kier alpha value is -2.58. The molecule has 38 heavy (non-hydrogen) atoms. The monoisotopic (exact) mass is 596 g/mol. The quantitative estimate of drug-likeness (QED) is 0.163. The summed E-state index contributed by atoms with van der Waals surface area (Å²) in [4.78, 5) is 16.2. The molecule has 14 bridgehead atoms. The van der Waals surface area contributed by atoms with Crippen LogP contribution in [0.4, 0.5) is 0 Å². The molecule has 0 unspecified atom stereocenters. The highest BCUT2D eigenvalue weighted by Gasteiger charge is 2.24. The first-order chi connectivity index (χ1) is 18.7. The first kappa shape index (κ1) is 23.3. The standard InChI is InChI=1S/C32H20S6/c1-2-20-8-14-26(34-20)32-29-17-11-23(37-29)5-3-21-9-15-27(35-21)31(25-13-7-19(1)33-25)28-16-10-22(36-28)4-6-24-12-18-30(32)38-24/h1-18,31-32H/b2-1+,5-3+,6-4+. The molecule has 0 N–H and O–H groups in total. The summed E-state index contributed by atoms with van der Waals surface area (Å²) >= 11 is 11.5. The smallest absolute Gasteiger partial charge is 0.0622 e. The summed E-state index contributed by atoms with van der Waals surface area (Å²) in [5, 5.41) is 0. The molecule has 0 saturated carbocycles. The molecule has 6 aromatic heterocycles. The Kier molecular flexibility index (Phi) is 5.87. The van der Waals surface area contributed by atoms with Gasteiger partial charge in [0, 0.05) is 58.5 Å². The predicted molar refractivity (Wildman–Crippen MR) is 175 cm³/mol. The lowest BCUT2D eigenvalue weighted by atomic mass is 10.0. The second-order valence-corrected chi connectivity index (χ2v) is 16.2. The Morgan fingerprint density at radius 3 is 0.632 bits per heavy atom. The first-order valence-corrected chi connectivity index (χ1v) is 17.3. The van der Waals surface area contributed by atoms with Crippen LogP contribution in [0.2, 0.25) is 0 Å². The Bertz CT molecular complexity index is 1500. The molecule has 0 radical (unpaired) electrons. The molecule has 9 heterocycles. The zero-order chi connectivity index (χ0) is 25.1. The third-order valence-corrected chi connectivity index (χ3v) is 13.5. The first-order valence-electron chi connectivity index (χ1n) is 12.4. The summed E-state index contributed by atoms with van der Waals surface area (Å²) in [6, 6.07) is 27.7. The molecule has 3 aliphatic heterocycles. The van der Waals surface area contributed by atoms with Crippen LogP contribution in [0.1, 0.15) is 70.4 Å². The van der Waals surface area contributed by atoms with Gasteiger partial charge in [-0.05, 0) is 109 Å². The summed E-state index contributed by atoms with van der Waals surface area (Å²) in [5.74, 6) is 0.519. The SMILES string of the molecule is C1=C/c2ccc(s2)C2c3ccc(s3)/C=C/c3ccc(s3)C(c3ccc/1s3)c1ccc(s1)/C=C/c1ccc2s1. The Balaban J connectivity index is 1.41. The molecule has 0 fully saturated rings. The van der Waals surface area contributed by atoms with Crippen molar-refractivity contribution in [2.45, 2.75) is 11.8 Å². The van der Waals surface area contributed by atoms with Crippen LogP contribution in [-0.2, 0) is 0 Å². The van der Waals surface area contributed by atoms with Gasteiger partial charge in [-0.1, -0.05) is 0 Å². The van der Waals surface area contributed by atoms with Gasteiger partial charge in [-0.2, -0.15) is 0 Å². The van der Waals surface area contributed by atoms with Crippen LogP contribution in [0, 0.1) is 0 Å². The number of hydrogen-bond acceptors (Lipinski definition) is 6. The minimum absolute atomic E-state index is 0.259. The van der Waals surface area contributed by atoms with Gasteiger partial charge < -0.3 is 0 Å². The van der Waals surface area contributed by atoms with E-state index in [1.807, 2.05) is 68.0 Å². The molecule has 184 valence electrons. The van der Waals surface area contributed by atoms with Gasteiger partial charge in [0.05, 0.1) is 11.8 Å². The van der Waals surface area contributed by atoms with Crippen LogP contribution in [0.25, 0.3) is 36.5 Å². The molecule has 6 aromatic rings. The van der Waals surface area contributed by atoms with Crippen LogP contribution in [0.3, 0.4) is 0 Å². The molecule has 9 rings (SSSR count). The highest BCUT2D eigenvalue weighted by molar-refractivity contribution is 7.17. The molecule has 0 saturated heterocycles. The van der Waals surface area contributed by atoms with Crippen molar-refractivity contribution in [3.05, 3.63) is 131 Å². The molecule has 0 spiro atoms. The molecule has 3 aliphatic rings. The molecular formula is C32H20S6. The van der Waals surface area contributed by atoms with E-state index in [-0.39, 0.29) is 11.8 Å². The van der Waals surface area contributed by atoms with E-state index in [1.165, 1.54) is 58.5 Å². The second kappa shape index (κ2) is 9.56. The Morgan fingerprint density at radius 1 is 0.263 bits per heavy atom. The van der Waals surface area contributed by atoms with Crippen molar-refractivity contribution in [1.29, 1.82) is 0 Å². The van der Waals surface area contributed by atoms with Crippen molar-refractivity contribution in [3.63, 3.8) is 0 Å². The molecule has 0 amide bonds. The molecular weight excluding hydrogens is 577 g/mol. The van der Waals surface area contributed by atoms with E-state index in [9.17, 15) is 0 Å². The molecule has 0 nitrogen and oxygen atoms in total. The van der Waals surface area contributed by atoms with Gasteiger partial charge in [-0.15, -0.1) is 68.0 Å². The van der Waals surface area contributed by atoms with E-state index >= 15 is 0 Å². The average molecular weight is 597 g/mol. The van der Waals surface area contributed by atoms with Gasteiger partial charge in [0.1, 0.15) is 0 Å². The summed E-state index contributed by atoms with van der Waals surface area (Å²) in [7, 11) is 0. The van der Waals surface area contributed by atoms with E-state index in [1.54, 1.807) is 0 Å². The van der Waals surface area contributed by atoms with Gasteiger partial charge in [0.25, 0.3) is 0 Å². The summed E-state index contributed by atoms with van der Waals surface area (Å²) < 4.78 is 0. The van der Waals surface area contributed by atoms with E-state index in [0.717, 1.165) is 0 Å². The third-order valence-electron chi connectivity index (χ3n) is 6.83. The van der Waals surface area contributed by atoms with E-state index < -0.39 is 0 Å². The third kappa shape index (κ3) is 4.30. The van der Waals surface area contributed by atoms with Crippen LogP contribution in [-0.4, -0.2) is 0 Å². The largest absolute Gasteiger partial charge is 0.140 e. The van der Waals surface area contributed by atoms with Gasteiger partial charge >= 0.3 is 0 Å². The summed E-state index contributed by atoms with van der Waals surface area (Å²) in [5.41, 5.74) is 0. The maximum atomic E-state index is 2.33. The van der Waals surface area contributed by atoms with E-state index in [4.69, 9.17) is 0 Å². The van der Waals surface area contributed by atoms with Crippen molar-refractivity contribution in [1.82, 2.24) is 0 Å². The summed E-state index contributed by atoms with van der Waals surface area (Å²) in [6.07, 6.45) is 13.7. The Labute approximate surface area is 245 Å². The lowest BCUT2D eigenvalue weighted by molar-refractivity contribution is 1.07. The molecule has 0 aliphatic carbocycles. The Morgan fingerprint density at radius 2 is 0.447 bits per heavy atom. The van der Waals surface area contributed by atoms with Crippen molar-refractivity contribution in [2.24, 2.45) is 0 Å². The van der Waals surface area contributed by atoms with Crippen molar-refractivity contribution < 1.29 is 0 Å². The predicted octanol–water partition coefficient (Wildman–Crippen LogP) is 11.6. The fraction of sp³-hybridized carbons (Fsp3) is 0.0625. The van der Waals surface area contributed by atoms with Gasteiger partial charge in [0.15, 0.2) is 0 Å². The minimum Gasteiger partial charge on any atom is -0.140 e. The highest BCUT2D eigenvalue weighted by atomic mass is 32.1. The maximum Gasteiger partial charge on any atom is 0.0622 e. The van der Waals surface area contributed by atoms with Gasteiger partial charge in [0.2, 0.25) is 0 Å². The lowest BCUT2D eigenvalue weighted by Gasteiger charge is -2.12. The van der Waals surface area contributed by atoms with Crippen LogP contribution in [0.15, 0.2) is 72.8 Å². The van der Waals surface area contributed by atoms with Crippen molar-refractivity contribution in [2.75, 3.05) is 0 Å². The maximum absolute atomic E-state index is 2.33. The average Bonchev–Trinajstić information content (AvgIpc) is 3.74. The van der Waals surface area contributed by atoms with Crippen molar-refractivity contribution in [3.8, 4) is 0 Å². The molecule has 0 atom stereocenters. The lowest BCUT2D eigenvalue weighted by Crippen LogP contribution is -1.95. The molecule has 6 heteroatoms. The van der Waals surface area contributed by atoms with Gasteiger partial charge in [-0.25, -0.2) is 0 Å². The van der Waals surface area contributed by atoms with Crippen LogP contribution in [0.5, 0.6) is 0 Å². The van der Waals surface area contributed by atoms with Crippen LogP contribution >= 0.6 is 68.0 Å². The van der Waals surface area contributed by atoms with Gasteiger partial charge in [-0.3, -0.25) is 0 Å². The zero-order valence-electron chi connectivity index (χ0n) is 20.0.